The Morgan fingerprint density at radius 3 is 1.37 bits per heavy atom. The van der Waals surface area contributed by atoms with Crippen molar-refractivity contribution < 1.29 is 53.4 Å². The molecule has 0 radical (unpaired) electrons. The van der Waals surface area contributed by atoms with Crippen LogP contribution < -0.4 is 37.6 Å². The van der Waals surface area contributed by atoms with E-state index >= 15 is 0 Å². The lowest BCUT2D eigenvalue weighted by molar-refractivity contribution is -0.139. The Kier molecular flexibility index (Phi) is 23.8. The maximum absolute atomic E-state index is 13.3. The fraction of sp³-hybridized carbons (Fsp3) is 0.750. The van der Waals surface area contributed by atoms with Gasteiger partial charge in [-0.2, -0.15) is 0 Å². The van der Waals surface area contributed by atoms with Crippen LogP contribution in [0.4, 0.5) is 0 Å². The quantitative estimate of drug-likeness (QED) is 0.0497. The first-order valence-electron chi connectivity index (χ1n) is 18.8. The van der Waals surface area contributed by atoms with Crippen molar-refractivity contribution in [3.8, 4) is 0 Å². The molecule has 0 aromatic rings. The van der Waals surface area contributed by atoms with Crippen molar-refractivity contribution in [1.29, 1.82) is 0 Å². The van der Waals surface area contributed by atoms with Crippen LogP contribution in [0, 0.1) is 11.8 Å². The van der Waals surface area contributed by atoms with Gasteiger partial charge in [0.05, 0.1) is 0 Å². The van der Waals surface area contributed by atoms with E-state index in [1.807, 2.05) is 0 Å². The molecule has 54 heavy (non-hydrogen) atoms. The van der Waals surface area contributed by atoms with E-state index < -0.39 is 109 Å². The number of amides is 7. The van der Waals surface area contributed by atoms with Gasteiger partial charge in [0, 0.05) is 19.3 Å². The molecule has 0 saturated heterocycles. The summed E-state index contributed by atoms with van der Waals surface area (Å²) in [6.07, 6.45) is 5.77. The fourth-order valence-electron chi connectivity index (χ4n) is 5.23. The summed E-state index contributed by atoms with van der Waals surface area (Å²) in [7, 11) is 0. The van der Waals surface area contributed by atoms with Crippen LogP contribution in [0.25, 0.3) is 0 Å². The Labute approximate surface area is 317 Å². The summed E-state index contributed by atoms with van der Waals surface area (Å²) >= 11 is 0. The maximum atomic E-state index is 13.3. The predicted octanol–water partition coefficient (Wildman–Crippen LogP) is 0.603. The smallest absolute Gasteiger partial charge is 0.303 e. The van der Waals surface area contributed by atoms with Gasteiger partial charge in [-0.15, -0.1) is 0 Å². The zero-order chi connectivity index (χ0) is 41.5. The lowest BCUT2D eigenvalue weighted by atomic mass is 9.99. The van der Waals surface area contributed by atoms with Crippen molar-refractivity contribution >= 4 is 53.3 Å². The fourth-order valence-corrected chi connectivity index (χ4v) is 5.23. The number of hydrogen-bond donors (Lipinski definition) is 9. The van der Waals surface area contributed by atoms with Crippen LogP contribution >= 0.6 is 0 Å². The molecule has 0 aliphatic carbocycles. The van der Waals surface area contributed by atoms with E-state index in [1.54, 1.807) is 27.7 Å². The SMILES string of the molecule is CCCCCCCCCC(=O)NC(C(=O)N[C@H](C(=O)N[C@@H](C)C(=O)N[C@@H](C)C(=O)N[C@@H](CCC(=O)O)C(=O)N[C@@H](CCC(=O)O)C(N)=O)C(C)C)C(C)C. The van der Waals surface area contributed by atoms with Crippen LogP contribution in [0.3, 0.4) is 0 Å². The van der Waals surface area contributed by atoms with Gasteiger partial charge in [-0.05, 0) is 44.9 Å². The van der Waals surface area contributed by atoms with Crippen molar-refractivity contribution in [3.05, 3.63) is 0 Å². The van der Waals surface area contributed by atoms with Gasteiger partial charge >= 0.3 is 11.9 Å². The third-order valence-electron chi connectivity index (χ3n) is 8.61. The maximum Gasteiger partial charge on any atom is 0.303 e. The number of rotatable bonds is 28. The van der Waals surface area contributed by atoms with E-state index in [0.717, 1.165) is 25.7 Å². The van der Waals surface area contributed by atoms with E-state index in [2.05, 4.69) is 38.8 Å². The molecular weight excluding hydrogens is 706 g/mol. The van der Waals surface area contributed by atoms with Crippen molar-refractivity contribution in [1.82, 2.24) is 31.9 Å². The largest absolute Gasteiger partial charge is 0.481 e. The first-order chi connectivity index (χ1) is 25.2. The number of primary amides is 1. The summed E-state index contributed by atoms with van der Waals surface area (Å²) in [4.78, 5) is 112. The van der Waals surface area contributed by atoms with Crippen LogP contribution in [0.1, 0.15) is 126 Å². The zero-order valence-corrected chi connectivity index (χ0v) is 32.8. The number of unbranched alkanes of at least 4 members (excludes halogenated alkanes) is 6. The average Bonchev–Trinajstić information content (AvgIpc) is 3.07. The number of nitrogens with one attached hydrogen (secondary N) is 6. The van der Waals surface area contributed by atoms with Crippen LogP contribution in [-0.2, 0) is 43.2 Å². The van der Waals surface area contributed by atoms with Gasteiger partial charge in [0.25, 0.3) is 0 Å². The molecule has 0 heterocycles. The standard InChI is InChI=1S/C36H63N7O11/c1-8-9-10-11-12-13-14-15-26(44)42-29(20(2)3)36(54)43-30(21(4)5)35(53)39-22(6)32(50)38-23(7)33(51)41-25(17-19-28(47)48)34(52)40-24(31(37)49)16-18-27(45)46/h20-25,29-30H,8-19H2,1-7H3,(H2,37,49)(H,38,50)(H,39,53)(H,40,52)(H,41,51)(H,42,44)(H,43,54)(H,45,46)(H,47,48)/t22-,23-,24-,25-,29?,30-/m0/s1. The minimum absolute atomic E-state index is 0.258. The van der Waals surface area contributed by atoms with Crippen LogP contribution in [-0.4, -0.2) is 99.8 Å². The topological polar surface area (TPSA) is 292 Å². The molecule has 0 aromatic heterocycles. The molecule has 0 fully saturated rings. The molecule has 0 spiro atoms. The second-order valence-corrected chi connectivity index (χ2v) is 14.2. The number of nitrogens with two attached hydrogens (primary N) is 1. The summed E-state index contributed by atoms with van der Waals surface area (Å²) in [6.45, 7) is 11.7. The Balaban J connectivity index is 5.39. The first kappa shape index (κ1) is 49.2. The molecule has 0 aromatic carbocycles. The molecule has 6 atom stereocenters. The highest BCUT2D eigenvalue weighted by atomic mass is 16.4. The minimum atomic E-state index is -1.49. The summed E-state index contributed by atoms with van der Waals surface area (Å²) in [6, 6.07) is -7.38. The van der Waals surface area contributed by atoms with Gasteiger partial charge in [-0.1, -0.05) is 73.1 Å². The summed E-state index contributed by atoms with van der Waals surface area (Å²) in [5.41, 5.74) is 5.25. The number of carbonyl (C=O) groups is 9. The van der Waals surface area contributed by atoms with Crippen molar-refractivity contribution in [2.75, 3.05) is 0 Å². The van der Waals surface area contributed by atoms with E-state index in [4.69, 9.17) is 15.9 Å². The molecule has 10 N–H and O–H groups in total. The summed E-state index contributed by atoms with van der Waals surface area (Å²) in [5.74, 6) is -8.48. The van der Waals surface area contributed by atoms with Crippen LogP contribution in [0.15, 0.2) is 0 Å². The molecule has 1 unspecified atom stereocenters. The Morgan fingerprint density at radius 1 is 0.481 bits per heavy atom. The highest BCUT2D eigenvalue weighted by Crippen LogP contribution is 2.11. The third kappa shape index (κ3) is 20.5. The van der Waals surface area contributed by atoms with Gasteiger partial charge in [-0.25, -0.2) is 0 Å². The van der Waals surface area contributed by atoms with Crippen LogP contribution in [0.5, 0.6) is 0 Å². The van der Waals surface area contributed by atoms with Gasteiger partial charge < -0.3 is 47.8 Å². The van der Waals surface area contributed by atoms with E-state index in [1.165, 1.54) is 26.7 Å². The Bertz CT molecular complexity index is 1290. The van der Waals surface area contributed by atoms with Crippen molar-refractivity contribution in [2.45, 2.75) is 162 Å². The summed E-state index contributed by atoms with van der Waals surface area (Å²) in [5, 5.41) is 32.9. The number of aliphatic carboxylic acids is 2. The van der Waals surface area contributed by atoms with Crippen LogP contribution in [0.2, 0.25) is 0 Å². The monoisotopic (exact) mass is 769 g/mol. The van der Waals surface area contributed by atoms with Crippen molar-refractivity contribution in [2.24, 2.45) is 17.6 Å². The van der Waals surface area contributed by atoms with Crippen molar-refractivity contribution in [3.63, 3.8) is 0 Å². The lowest BCUT2D eigenvalue weighted by Crippen LogP contribution is -2.60. The molecule has 0 aliphatic rings. The number of hydrogen-bond acceptors (Lipinski definition) is 9. The van der Waals surface area contributed by atoms with E-state index in [0.29, 0.717) is 6.42 Å². The number of carbonyl (C=O) groups excluding carboxylic acids is 7. The molecule has 0 rings (SSSR count). The first-order valence-corrected chi connectivity index (χ1v) is 18.8. The minimum Gasteiger partial charge on any atom is -0.481 e. The van der Waals surface area contributed by atoms with E-state index in [9.17, 15) is 43.2 Å². The zero-order valence-electron chi connectivity index (χ0n) is 32.8. The number of carboxylic acid groups (broad SMARTS) is 2. The third-order valence-corrected chi connectivity index (χ3v) is 8.61. The normalized spacial score (nSPS) is 14.4. The highest BCUT2D eigenvalue weighted by molar-refractivity contribution is 5.97. The molecule has 7 amide bonds. The second kappa shape index (κ2) is 26.1. The summed E-state index contributed by atoms with van der Waals surface area (Å²) < 4.78 is 0. The Hall–Kier alpha value is -4.77. The lowest BCUT2D eigenvalue weighted by Gasteiger charge is -2.28. The number of carboxylic acids is 2. The average molecular weight is 770 g/mol. The second-order valence-electron chi connectivity index (χ2n) is 14.2. The predicted molar refractivity (Wildman–Crippen MR) is 198 cm³/mol. The molecule has 308 valence electrons. The molecule has 0 aliphatic heterocycles. The molecule has 18 heteroatoms. The van der Waals surface area contributed by atoms with Gasteiger partial charge in [0.15, 0.2) is 0 Å². The molecule has 18 nitrogen and oxygen atoms in total. The Morgan fingerprint density at radius 2 is 0.889 bits per heavy atom. The highest BCUT2D eigenvalue weighted by Gasteiger charge is 2.33. The molecule has 0 bridgehead atoms. The molecule has 0 saturated carbocycles. The van der Waals surface area contributed by atoms with E-state index in [-0.39, 0.29) is 24.7 Å². The molecular formula is C36H63N7O11. The van der Waals surface area contributed by atoms with Gasteiger partial charge in [0.2, 0.25) is 41.4 Å². The van der Waals surface area contributed by atoms with Gasteiger partial charge in [0.1, 0.15) is 36.3 Å². The van der Waals surface area contributed by atoms with Gasteiger partial charge in [-0.3, -0.25) is 43.2 Å².